The van der Waals surface area contributed by atoms with Crippen LogP contribution in [0.3, 0.4) is 0 Å². The van der Waals surface area contributed by atoms with Gasteiger partial charge in [0.25, 0.3) is 0 Å². The SMILES string of the molecule is CC(C)n1cnc2cc(-c3ccc4c(c3)N(C3CC(N5CCCC(C)(C)C5)C3)C(=O)C4(C)C)nc(Nc3ccc(=O)n(C)c3)c21. The second-order valence-electron chi connectivity index (χ2n) is 15.0. The smallest absolute Gasteiger partial charge is 0.250 e. The zero-order valence-electron chi connectivity index (χ0n) is 27.6. The Morgan fingerprint density at radius 3 is 2.49 bits per heavy atom. The van der Waals surface area contributed by atoms with E-state index in [4.69, 9.17) is 9.97 Å². The second-order valence-corrected chi connectivity index (χ2v) is 15.0. The second kappa shape index (κ2) is 10.5. The van der Waals surface area contributed by atoms with Crippen LogP contribution in [0.1, 0.15) is 78.8 Å². The van der Waals surface area contributed by atoms with E-state index >= 15 is 0 Å². The summed E-state index contributed by atoms with van der Waals surface area (Å²) >= 11 is 0. The van der Waals surface area contributed by atoms with E-state index in [0.717, 1.165) is 65.2 Å². The molecule has 1 aromatic carbocycles. The van der Waals surface area contributed by atoms with Crippen molar-refractivity contribution in [2.24, 2.45) is 12.5 Å². The number of fused-ring (bicyclic) bond motifs is 2. The lowest BCUT2D eigenvalue weighted by molar-refractivity contribution is -0.123. The molecule has 2 aliphatic heterocycles. The third kappa shape index (κ3) is 5.05. The fourth-order valence-corrected chi connectivity index (χ4v) is 7.65. The van der Waals surface area contributed by atoms with Crippen LogP contribution < -0.4 is 15.8 Å². The van der Waals surface area contributed by atoms with E-state index in [2.05, 4.69) is 79.4 Å². The van der Waals surface area contributed by atoms with Gasteiger partial charge in [0.05, 0.1) is 28.6 Å². The summed E-state index contributed by atoms with van der Waals surface area (Å²) in [5.41, 5.74) is 6.04. The number of nitrogens with one attached hydrogen (secondary N) is 1. The predicted octanol–water partition coefficient (Wildman–Crippen LogP) is 6.40. The predicted molar refractivity (Wildman–Crippen MR) is 180 cm³/mol. The maximum absolute atomic E-state index is 14.0. The molecule has 236 valence electrons. The van der Waals surface area contributed by atoms with E-state index in [0.29, 0.717) is 17.3 Å². The quantitative estimate of drug-likeness (QED) is 0.273. The highest BCUT2D eigenvalue weighted by Crippen LogP contribution is 2.48. The third-order valence-corrected chi connectivity index (χ3v) is 10.3. The number of nitrogens with zero attached hydrogens (tertiary/aromatic N) is 6. The molecule has 4 aromatic rings. The number of amides is 1. The molecule has 1 aliphatic carbocycles. The van der Waals surface area contributed by atoms with Gasteiger partial charge in [-0.3, -0.25) is 14.5 Å². The molecule has 1 N–H and O–H groups in total. The Balaban J connectivity index is 1.24. The summed E-state index contributed by atoms with van der Waals surface area (Å²) in [6.07, 6.45) is 8.21. The molecule has 9 heteroatoms. The minimum Gasteiger partial charge on any atom is -0.337 e. The molecule has 0 unspecified atom stereocenters. The molecule has 5 heterocycles. The number of anilines is 3. The number of rotatable bonds is 6. The largest absolute Gasteiger partial charge is 0.337 e. The molecule has 1 saturated heterocycles. The van der Waals surface area contributed by atoms with Crippen LogP contribution in [0.15, 0.2) is 53.7 Å². The molecule has 0 spiro atoms. The van der Waals surface area contributed by atoms with E-state index in [1.165, 1.54) is 12.8 Å². The number of piperidine rings is 1. The van der Waals surface area contributed by atoms with Gasteiger partial charge in [-0.25, -0.2) is 9.97 Å². The van der Waals surface area contributed by atoms with Crippen molar-refractivity contribution in [1.29, 1.82) is 0 Å². The molecule has 0 atom stereocenters. The average molecular weight is 608 g/mol. The zero-order valence-corrected chi connectivity index (χ0v) is 27.6. The molecule has 3 aliphatic rings. The Bertz CT molecular complexity index is 1860. The summed E-state index contributed by atoms with van der Waals surface area (Å²) in [6, 6.07) is 12.7. The number of pyridine rings is 2. The number of hydrogen-bond acceptors (Lipinski definition) is 6. The first-order valence-corrected chi connectivity index (χ1v) is 16.4. The molecule has 1 amide bonds. The van der Waals surface area contributed by atoms with Crippen molar-refractivity contribution in [3.63, 3.8) is 0 Å². The highest BCUT2D eigenvalue weighted by molar-refractivity contribution is 6.08. The summed E-state index contributed by atoms with van der Waals surface area (Å²) < 4.78 is 3.66. The van der Waals surface area contributed by atoms with Crippen molar-refractivity contribution in [2.75, 3.05) is 23.3 Å². The van der Waals surface area contributed by atoms with Gasteiger partial charge in [-0.1, -0.05) is 26.0 Å². The van der Waals surface area contributed by atoms with Gasteiger partial charge in [-0.2, -0.15) is 0 Å². The first-order chi connectivity index (χ1) is 21.3. The average Bonchev–Trinajstić information content (AvgIpc) is 3.47. The van der Waals surface area contributed by atoms with Crippen LogP contribution in [0.2, 0.25) is 0 Å². The summed E-state index contributed by atoms with van der Waals surface area (Å²) in [7, 11) is 1.74. The molecule has 7 rings (SSSR count). The van der Waals surface area contributed by atoms with Crippen LogP contribution in [-0.2, 0) is 17.3 Å². The Kier molecular flexibility index (Phi) is 6.96. The lowest BCUT2D eigenvalue weighted by Crippen LogP contribution is -2.58. The molecule has 0 bridgehead atoms. The summed E-state index contributed by atoms with van der Waals surface area (Å²) in [5, 5.41) is 3.47. The maximum Gasteiger partial charge on any atom is 0.250 e. The van der Waals surface area contributed by atoms with Crippen molar-refractivity contribution in [3.8, 4) is 11.3 Å². The van der Waals surface area contributed by atoms with E-state index in [9.17, 15) is 9.59 Å². The number of benzene rings is 1. The molecule has 45 heavy (non-hydrogen) atoms. The lowest BCUT2D eigenvalue weighted by atomic mass is 9.78. The van der Waals surface area contributed by atoms with Crippen molar-refractivity contribution in [3.05, 3.63) is 64.8 Å². The summed E-state index contributed by atoms with van der Waals surface area (Å²) in [4.78, 5) is 40.6. The van der Waals surface area contributed by atoms with E-state index in [1.54, 1.807) is 29.9 Å². The van der Waals surface area contributed by atoms with Crippen LogP contribution in [0.25, 0.3) is 22.3 Å². The number of hydrogen-bond donors (Lipinski definition) is 1. The molecule has 1 saturated carbocycles. The van der Waals surface area contributed by atoms with Crippen LogP contribution in [0, 0.1) is 5.41 Å². The van der Waals surface area contributed by atoms with Crippen LogP contribution in [-0.4, -0.2) is 55.1 Å². The molecule has 9 nitrogen and oxygen atoms in total. The number of carbonyl (C=O) groups is 1. The Hall–Kier alpha value is -3.98. The van der Waals surface area contributed by atoms with Gasteiger partial charge in [0.1, 0.15) is 5.52 Å². The van der Waals surface area contributed by atoms with Crippen LogP contribution >= 0.6 is 0 Å². The van der Waals surface area contributed by atoms with Crippen molar-refractivity contribution >= 4 is 34.1 Å². The third-order valence-electron chi connectivity index (χ3n) is 10.3. The molecular formula is C36H45N7O2. The number of aromatic nitrogens is 4. The van der Waals surface area contributed by atoms with Crippen LogP contribution in [0.5, 0.6) is 0 Å². The standard InChI is InChI=1S/C36H45N7O2/c1-22(2)42-21-37-29-18-28(39-33(32(29)42)38-24-10-12-31(44)40(7)19-24)23-9-11-27-30(15-23)43(34(45)36(27,5)6)26-16-25(17-26)41-14-8-13-35(3,4)20-41/h9-12,15,18-19,21-22,25-26H,8,13-14,16-17,20H2,1-7H3,(H,38,39). The number of aryl methyl sites for hydroxylation is 1. The first-order valence-electron chi connectivity index (χ1n) is 16.4. The Labute approximate surface area is 265 Å². The topological polar surface area (TPSA) is 88.3 Å². The molecule has 3 aromatic heterocycles. The number of likely N-dealkylation sites (tertiary alicyclic amines) is 1. The van der Waals surface area contributed by atoms with Crippen LogP contribution in [0.4, 0.5) is 17.2 Å². The van der Waals surface area contributed by atoms with Gasteiger partial charge >= 0.3 is 0 Å². The van der Waals surface area contributed by atoms with Crippen molar-refractivity contribution in [1.82, 2.24) is 24.0 Å². The van der Waals surface area contributed by atoms with Gasteiger partial charge in [-0.15, -0.1) is 0 Å². The minimum atomic E-state index is -0.574. The zero-order chi connectivity index (χ0) is 31.8. The Morgan fingerprint density at radius 2 is 1.78 bits per heavy atom. The molecule has 0 radical (unpaired) electrons. The van der Waals surface area contributed by atoms with E-state index < -0.39 is 5.41 Å². The van der Waals surface area contributed by atoms with E-state index in [-0.39, 0.29) is 23.6 Å². The van der Waals surface area contributed by atoms with Crippen molar-refractivity contribution in [2.45, 2.75) is 90.8 Å². The maximum atomic E-state index is 14.0. The van der Waals surface area contributed by atoms with Gasteiger partial charge in [0, 0.05) is 55.2 Å². The van der Waals surface area contributed by atoms with Gasteiger partial charge in [-0.05, 0) is 89.1 Å². The first kappa shape index (κ1) is 29.7. The van der Waals surface area contributed by atoms with Gasteiger partial charge in [0.2, 0.25) is 11.5 Å². The van der Waals surface area contributed by atoms with E-state index in [1.807, 2.05) is 12.4 Å². The number of imidazole rings is 1. The molecular weight excluding hydrogens is 562 g/mol. The monoisotopic (exact) mass is 607 g/mol. The summed E-state index contributed by atoms with van der Waals surface area (Å²) in [5.74, 6) is 0.862. The normalized spacial score (nSPS) is 22.6. The highest BCUT2D eigenvalue weighted by Gasteiger charge is 2.50. The van der Waals surface area contributed by atoms with Gasteiger partial charge < -0.3 is 19.4 Å². The fourth-order valence-electron chi connectivity index (χ4n) is 7.65. The highest BCUT2D eigenvalue weighted by atomic mass is 16.2. The van der Waals surface area contributed by atoms with Crippen molar-refractivity contribution < 1.29 is 4.79 Å². The minimum absolute atomic E-state index is 0.0719. The fraction of sp³-hybridized carbons (Fsp3) is 0.500. The lowest BCUT2D eigenvalue weighted by Gasteiger charge is -2.50. The Morgan fingerprint density at radius 1 is 1.00 bits per heavy atom. The summed E-state index contributed by atoms with van der Waals surface area (Å²) in [6.45, 7) is 15.4. The van der Waals surface area contributed by atoms with Gasteiger partial charge in [0.15, 0.2) is 5.82 Å². The molecule has 2 fully saturated rings. The number of carbonyl (C=O) groups excluding carboxylic acids is 1.